The van der Waals surface area contributed by atoms with Gasteiger partial charge in [-0.25, -0.2) is 23.1 Å². The van der Waals surface area contributed by atoms with Crippen LogP contribution in [0.1, 0.15) is 12.5 Å². The van der Waals surface area contributed by atoms with E-state index < -0.39 is 37.7 Å². The van der Waals surface area contributed by atoms with Crippen LogP contribution in [-0.4, -0.2) is 36.4 Å². The molecule has 1 aromatic heterocycles. The number of para-hydroxylation sites is 1. The van der Waals surface area contributed by atoms with Gasteiger partial charge >= 0.3 is 11.5 Å². The number of aromatic nitrogens is 1. The number of amides is 3. The van der Waals surface area contributed by atoms with Crippen molar-refractivity contribution in [3.05, 3.63) is 78.5 Å². The van der Waals surface area contributed by atoms with Gasteiger partial charge in [0.25, 0.3) is 15.7 Å². The first-order valence-corrected chi connectivity index (χ1v) is 11.6. The molecule has 4 rings (SSSR count). The third-order valence-corrected chi connectivity index (χ3v) is 6.80. The van der Waals surface area contributed by atoms with Crippen LogP contribution in [0, 0.1) is 0 Å². The van der Waals surface area contributed by atoms with Crippen molar-refractivity contribution in [2.24, 2.45) is 0 Å². The number of anilines is 1. The Balaban J connectivity index is 1.54. The van der Waals surface area contributed by atoms with E-state index in [2.05, 4.69) is 10.3 Å². The third kappa shape index (κ3) is 4.69. The minimum Gasteiger partial charge on any atom is -0.439 e. The molecule has 0 bridgehead atoms. The Labute approximate surface area is 198 Å². The lowest BCUT2D eigenvalue weighted by Gasteiger charge is -2.22. The molecule has 1 N–H and O–H groups in total. The fourth-order valence-corrected chi connectivity index (χ4v) is 4.34. The summed E-state index contributed by atoms with van der Waals surface area (Å²) in [6.07, 6.45) is 1.57. The SMILES string of the molecule is CC1(Cc2ccnc(Oc3ccccc3)c2)NC(=O)N(c2ccc(S(=O)(=O)C(F)(F)F)cc2)C1=O. The van der Waals surface area contributed by atoms with Gasteiger partial charge in [-0.05, 0) is 55.0 Å². The molecule has 0 saturated carbocycles. The highest BCUT2D eigenvalue weighted by molar-refractivity contribution is 7.92. The number of urea groups is 1. The lowest BCUT2D eigenvalue weighted by atomic mass is 9.93. The number of nitrogens with zero attached hydrogens (tertiary/aromatic N) is 2. The Hall–Kier alpha value is -3.93. The first-order valence-electron chi connectivity index (χ1n) is 10.2. The minimum absolute atomic E-state index is 0.0693. The van der Waals surface area contributed by atoms with Crippen molar-refractivity contribution in [2.45, 2.75) is 29.3 Å². The van der Waals surface area contributed by atoms with E-state index in [0.717, 1.165) is 17.0 Å². The lowest BCUT2D eigenvalue weighted by molar-refractivity contribution is -0.121. The number of halogens is 3. The van der Waals surface area contributed by atoms with Crippen LogP contribution in [0.3, 0.4) is 0 Å². The smallest absolute Gasteiger partial charge is 0.439 e. The van der Waals surface area contributed by atoms with Gasteiger partial charge in [0, 0.05) is 18.7 Å². The number of carbonyl (C=O) groups is 2. The number of alkyl halides is 3. The highest BCUT2D eigenvalue weighted by atomic mass is 32.2. The van der Waals surface area contributed by atoms with Crippen molar-refractivity contribution in [1.29, 1.82) is 0 Å². The zero-order valence-corrected chi connectivity index (χ0v) is 18.9. The fraction of sp³-hybridized carbons (Fsp3) is 0.174. The summed E-state index contributed by atoms with van der Waals surface area (Å²) in [5, 5.41) is 2.59. The Morgan fingerprint density at radius 2 is 1.69 bits per heavy atom. The standard InChI is InChI=1S/C23H18F3N3O5S/c1-22(14-15-11-12-27-19(13-15)34-17-5-3-2-4-6-17)20(30)29(21(31)28-22)16-7-9-18(10-8-16)35(32,33)23(24,25)26/h2-13H,14H2,1H3,(H,28,31). The van der Waals surface area contributed by atoms with E-state index in [1.165, 1.54) is 13.1 Å². The highest BCUT2D eigenvalue weighted by Gasteiger charge is 2.49. The number of sulfone groups is 1. The van der Waals surface area contributed by atoms with E-state index in [1.807, 2.05) is 6.07 Å². The third-order valence-electron chi connectivity index (χ3n) is 5.29. The maximum absolute atomic E-state index is 13.2. The minimum atomic E-state index is -5.56. The first-order chi connectivity index (χ1) is 16.4. The van der Waals surface area contributed by atoms with E-state index in [-0.39, 0.29) is 18.0 Å². The van der Waals surface area contributed by atoms with Gasteiger partial charge in [-0.2, -0.15) is 13.2 Å². The summed E-state index contributed by atoms with van der Waals surface area (Å²) in [5.41, 5.74) is -6.28. The number of hydrogen-bond donors (Lipinski definition) is 1. The molecule has 3 aromatic rings. The van der Waals surface area contributed by atoms with Gasteiger partial charge in [0.05, 0.1) is 10.6 Å². The van der Waals surface area contributed by atoms with Crippen LogP contribution in [0.2, 0.25) is 0 Å². The monoisotopic (exact) mass is 505 g/mol. The second-order valence-corrected chi connectivity index (χ2v) is 9.88. The average Bonchev–Trinajstić information content (AvgIpc) is 3.01. The Morgan fingerprint density at radius 3 is 2.31 bits per heavy atom. The molecule has 1 aliphatic heterocycles. The molecule has 182 valence electrons. The largest absolute Gasteiger partial charge is 0.501 e. The number of carbonyl (C=O) groups excluding carboxylic acids is 2. The van der Waals surface area contributed by atoms with Gasteiger partial charge in [0.15, 0.2) is 0 Å². The first kappa shape index (κ1) is 24.2. The quantitative estimate of drug-likeness (QED) is 0.503. The van der Waals surface area contributed by atoms with Crippen molar-refractivity contribution in [3.63, 3.8) is 0 Å². The number of ether oxygens (including phenoxy) is 1. The summed E-state index contributed by atoms with van der Waals surface area (Å²) < 4.78 is 67.1. The average molecular weight is 505 g/mol. The van der Waals surface area contributed by atoms with Gasteiger partial charge in [-0.1, -0.05) is 18.2 Å². The van der Waals surface area contributed by atoms with Crippen LogP contribution < -0.4 is 15.0 Å². The van der Waals surface area contributed by atoms with E-state index in [9.17, 15) is 31.2 Å². The number of rotatable bonds is 6. The second kappa shape index (κ2) is 8.69. The maximum atomic E-state index is 13.2. The van der Waals surface area contributed by atoms with Crippen molar-refractivity contribution in [3.8, 4) is 11.6 Å². The maximum Gasteiger partial charge on any atom is 0.501 e. The molecular weight excluding hydrogens is 487 g/mol. The topological polar surface area (TPSA) is 106 Å². The molecule has 1 unspecified atom stereocenters. The van der Waals surface area contributed by atoms with E-state index in [1.54, 1.807) is 36.4 Å². The molecule has 0 aliphatic carbocycles. The predicted octanol–water partition coefficient (Wildman–Crippen LogP) is 4.23. The highest BCUT2D eigenvalue weighted by Crippen LogP contribution is 2.33. The molecule has 1 saturated heterocycles. The molecule has 2 heterocycles. The van der Waals surface area contributed by atoms with Crippen LogP contribution >= 0.6 is 0 Å². The summed E-state index contributed by atoms with van der Waals surface area (Å²) in [4.78, 5) is 29.7. The van der Waals surface area contributed by atoms with Crippen LogP contribution in [0.5, 0.6) is 11.6 Å². The van der Waals surface area contributed by atoms with Gasteiger partial charge in [0.1, 0.15) is 11.3 Å². The van der Waals surface area contributed by atoms with Crippen molar-refractivity contribution in [1.82, 2.24) is 10.3 Å². The number of pyridine rings is 1. The van der Waals surface area contributed by atoms with Crippen LogP contribution in [0.4, 0.5) is 23.7 Å². The predicted molar refractivity (Wildman–Crippen MR) is 119 cm³/mol. The van der Waals surface area contributed by atoms with Crippen molar-refractivity contribution < 1.29 is 35.9 Å². The number of nitrogens with one attached hydrogen (secondary N) is 1. The zero-order valence-electron chi connectivity index (χ0n) is 18.1. The fourth-order valence-electron chi connectivity index (χ4n) is 3.58. The molecule has 35 heavy (non-hydrogen) atoms. The van der Waals surface area contributed by atoms with Gasteiger partial charge < -0.3 is 10.1 Å². The Morgan fingerprint density at radius 1 is 1.03 bits per heavy atom. The van der Waals surface area contributed by atoms with E-state index in [4.69, 9.17) is 4.74 Å². The number of benzene rings is 2. The molecule has 12 heteroatoms. The summed E-state index contributed by atoms with van der Waals surface area (Å²) >= 11 is 0. The van der Waals surface area contributed by atoms with Crippen molar-refractivity contribution >= 4 is 27.5 Å². The summed E-state index contributed by atoms with van der Waals surface area (Å²) in [7, 11) is -5.56. The van der Waals surface area contributed by atoms with Crippen LogP contribution in [0.15, 0.2) is 77.8 Å². The second-order valence-electron chi connectivity index (χ2n) is 7.94. The normalized spacial score (nSPS) is 18.5. The molecule has 8 nitrogen and oxygen atoms in total. The summed E-state index contributed by atoms with van der Waals surface area (Å²) in [6.45, 7) is 1.51. The van der Waals surface area contributed by atoms with E-state index >= 15 is 0 Å². The molecule has 1 fully saturated rings. The Kier molecular flexibility index (Phi) is 6.01. The van der Waals surface area contributed by atoms with Gasteiger partial charge in [-0.3, -0.25) is 4.79 Å². The molecule has 1 atom stereocenters. The molecule has 1 aliphatic rings. The molecule has 0 spiro atoms. The number of hydrogen-bond acceptors (Lipinski definition) is 6. The Bertz CT molecular complexity index is 1380. The van der Waals surface area contributed by atoms with Gasteiger partial charge in [-0.15, -0.1) is 0 Å². The molecule has 2 aromatic carbocycles. The molecule has 0 radical (unpaired) electrons. The lowest BCUT2D eigenvalue weighted by Crippen LogP contribution is -2.46. The molecular formula is C23H18F3N3O5S. The van der Waals surface area contributed by atoms with Crippen molar-refractivity contribution in [2.75, 3.05) is 4.90 Å². The van der Waals surface area contributed by atoms with Crippen LogP contribution in [-0.2, 0) is 21.1 Å². The van der Waals surface area contributed by atoms with Crippen LogP contribution in [0.25, 0.3) is 0 Å². The summed E-state index contributed by atoms with van der Waals surface area (Å²) in [6, 6.07) is 14.8. The summed E-state index contributed by atoms with van der Waals surface area (Å²) in [5.74, 6) is 0.194. The van der Waals surface area contributed by atoms with E-state index in [0.29, 0.717) is 23.4 Å². The van der Waals surface area contributed by atoms with Gasteiger partial charge in [0.2, 0.25) is 5.88 Å². The number of imide groups is 1. The zero-order chi connectivity index (χ0) is 25.4. The molecule has 3 amide bonds.